The molecule has 1 N–H and O–H groups in total. The highest BCUT2D eigenvalue weighted by Gasteiger charge is 2.24. The molecule has 0 amide bonds. The number of ether oxygens (including phenoxy) is 1. The molecule has 1 aromatic heterocycles. The number of esters is 1. The number of thiazole rings is 1. The Balaban J connectivity index is 1.87. The van der Waals surface area contributed by atoms with Gasteiger partial charge in [0.1, 0.15) is 6.10 Å². The second-order valence-corrected chi connectivity index (χ2v) is 7.06. The summed E-state index contributed by atoms with van der Waals surface area (Å²) in [5.41, 5.74) is 0.988. The first-order valence-electron chi connectivity index (χ1n) is 6.96. The quantitative estimate of drug-likeness (QED) is 0.670. The van der Waals surface area contributed by atoms with E-state index in [4.69, 9.17) is 17.0 Å². The number of carbonyl (C=O) groups is 1. The SMILES string of the molecule is CCC1CCCC(OC(=O)Cc2sc(=S)[nH]c2C)C1. The summed E-state index contributed by atoms with van der Waals surface area (Å²) in [4.78, 5) is 16.0. The van der Waals surface area contributed by atoms with Crippen LogP contribution in [0.1, 0.15) is 49.6 Å². The maximum absolute atomic E-state index is 12.0. The van der Waals surface area contributed by atoms with Crippen molar-refractivity contribution in [1.29, 1.82) is 0 Å². The fourth-order valence-electron chi connectivity index (χ4n) is 2.68. The van der Waals surface area contributed by atoms with E-state index in [-0.39, 0.29) is 12.1 Å². The molecule has 0 aromatic carbocycles. The Hall–Kier alpha value is -0.680. The molecule has 2 atom stereocenters. The number of rotatable bonds is 4. The van der Waals surface area contributed by atoms with Crippen molar-refractivity contribution in [1.82, 2.24) is 4.98 Å². The number of H-pyrrole nitrogens is 1. The minimum absolute atomic E-state index is 0.116. The molecule has 1 saturated carbocycles. The van der Waals surface area contributed by atoms with Gasteiger partial charge in [-0.2, -0.15) is 0 Å². The zero-order chi connectivity index (χ0) is 13.8. The van der Waals surface area contributed by atoms with Crippen LogP contribution in [0, 0.1) is 16.8 Å². The molecule has 2 unspecified atom stereocenters. The van der Waals surface area contributed by atoms with Crippen LogP contribution in [-0.4, -0.2) is 17.1 Å². The molecule has 0 bridgehead atoms. The molecule has 106 valence electrons. The summed E-state index contributed by atoms with van der Waals surface area (Å²) in [7, 11) is 0. The molecule has 2 rings (SSSR count). The summed E-state index contributed by atoms with van der Waals surface area (Å²) >= 11 is 6.54. The molecule has 0 aliphatic heterocycles. The summed E-state index contributed by atoms with van der Waals surface area (Å²) in [6.45, 7) is 4.16. The minimum atomic E-state index is -0.116. The van der Waals surface area contributed by atoms with E-state index in [0.29, 0.717) is 6.42 Å². The van der Waals surface area contributed by atoms with Crippen LogP contribution in [0.2, 0.25) is 0 Å². The van der Waals surface area contributed by atoms with E-state index >= 15 is 0 Å². The molecule has 0 spiro atoms. The van der Waals surface area contributed by atoms with Crippen molar-refractivity contribution >= 4 is 29.5 Å². The Kier molecular flexibility index (Phi) is 5.16. The molecular formula is C14H21NO2S2. The van der Waals surface area contributed by atoms with Crippen molar-refractivity contribution in [2.45, 2.75) is 58.5 Å². The van der Waals surface area contributed by atoms with E-state index in [1.165, 1.54) is 30.6 Å². The summed E-state index contributed by atoms with van der Waals surface area (Å²) < 4.78 is 6.34. The molecule has 1 aliphatic rings. The Labute approximate surface area is 123 Å². The van der Waals surface area contributed by atoms with Crippen molar-refractivity contribution in [3.63, 3.8) is 0 Å². The van der Waals surface area contributed by atoms with E-state index < -0.39 is 0 Å². The molecule has 19 heavy (non-hydrogen) atoms. The zero-order valence-corrected chi connectivity index (χ0v) is 13.2. The lowest BCUT2D eigenvalue weighted by atomic mass is 9.85. The van der Waals surface area contributed by atoms with Gasteiger partial charge in [-0.25, -0.2) is 0 Å². The van der Waals surface area contributed by atoms with Gasteiger partial charge >= 0.3 is 5.97 Å². The largest absolute Gasteiger partial charge is 0.462 e. The maximum Gasteiger partial charge on any atom is 0.311 e. The van der Waals surface area contributed by atoms with Crippen LogP contribution in [0.15, 0.2) is 0 Å². The van der Waals surface area contributed by atoms with Crippen molar-refractivity contribution in [2.75, 3.05) is 0 Å². The minimum Gasteiger partial charge on any atom is -0.462 e. The van der Waals surface area contributed by atoms with Gasteiger partial charge in [0.25, 0.3) is 0 Å². The molecule has 1 aliphatic carbocycles. The molecule has 3 nitrogen and oxygen atoms in total. The molecule has 0 radical (unpaired) electrons. The fraction of sp³-hybridized carbons (Fsp3) is 0.714. The molecular weight excluding hydrogens is 278 g/mol. The van der Waals surface area contributed by atoms with Gasteiger partial charge < -0.3 is 9.72 Å². The van der Waals surface area contributed by atoms with Gasteiger partial charge in [0, 0.05) is 10.6 Å². The van der Waals surface area contributed by atoms with E-state index in [1.807, 2.05) is 6.92 Å². The first-order valence-corrected chi connectivity index (χ1v) is 8.19. The smallest absolute Gasteiger partial charge is 0.311 e. The van der Waals surface area contributed by atoms with Crippen LogP contribution in [0.25, 0.3) is 0 Å². The number of aryl methyl sites for hydroxylation is 1. The third-order valence-corrected chi connectivity index (χ3v) is 5.18. The van der Waals surface area contributed by atoms with Crippen molar-refractivity contribution < 1.29 is 9.53 Å². The Bertz CT molecular complexity index is 492. The fourth-order valence-corrected chi connectivity index (χ4v) is 3.96. The van der Waals surface area contributed by atoms with Crippen LogP contribution in [0.3, 0.4) is 0 Å². The number of nitrogens with one attached hydrogen (secondary N) is 1. The van der Waals surface area contributed by atoms with Crippen molar-refractivity contribution in [2.24, 2.45) is 5.92 Å². The van der Waals surface area contributed by atoms with Crippen LogP contribution in [-0.2, 0) is 16.0 Å². The monoisotopic (exact) mass is 299 g/mol. The predicted octanol–water partition coefficient (Wildman–Crippen LogP) is 4.17. The number of hydrogen-bond donors (Lipinski definition) is 1. The number of hydrogen-bond acceptors (Lipinski definition) is 4. The summed E-state index contributed by atoms with van der Waals surface area (Å²) in [5, 5.41) is 0. The van der Waals surface area contributed by atoms with E-state index in [9.17, 15) is 4.79 Å². The highest BCUT2D eigenvalue weighted by atomic mass is 32.1. The highest BCUT2D eigenvalue weighted by molar-refractivity contribution is 7.73. The van der Waals surface area contributed by atoms with Crippen LogP contribution < -0.4 is 0 Å². The van der Waals surface area contributed by atoms with Gasteiger partial charge in [-0.1, -0.05) is 19.8 Å². The molecule has 0 saturated heterocycles. The van der Waals surface area contributed by atoms with Gasteiger partial charge in [-0.15, -0.1) is 11.3 Å². The van der Waals surface area contributed by atoms with Gasteiger partial charge in [-0.3, -0.25) is 4.79 Å². The molecule has 1 fully saturated rings. The van der Waals surface area contributed by atoms with Crippen LogP contribution in [0.5, 0.6) is 0 Å². The molecule has 1 aromatic rings. The molecule has 1 heterocycles. The summed E-state index contributed by atoms with van der Waals surface area (Å²) in [5.74, 6) is 0.609. The third kappa shape index (κ3) is 4.14. The Morgan fingerprint density at radius 1 is 1.53 bits per heavy atom. The van der Waals surface area contributed by atoms with Gasteiger partial charge in [0.2, 0.25) is 0 Å². The van der Waals surface area contributed by atoms with Gasteiger partial charge in [0.15, 0.2) is 3.95 Å². The average molecular weight is 299 g/mol. The van der Waals surface area contributed by atoms with Crippen molar-refractivity contribution in [3.8, 4) is 0 Å². The van der Waals surface area contributed by atoms with Crippen LogP contribution >= 0.6 is 23.6 Å². The lowest BCUT2D eigenvalue weighted by Crippen LogP contribution is -2.26. The normalized spacial score (nSPS) is 23.3. The van der Waals surface area contributed by atoms with Crippen LogP contribution in [0.4, 0.5) is 0 Å². The molecule has 5 heteroatoms. The lowest BCUT2D eigenvalue weighted by Gasteiger charge is -2.28. The van der Waals surface area contributed by atoms with E-state index in [1.54, 1.807) is 0 Å². The Morgan fingerprint density at radius 3 is 2.95 bits per heavy atom. The summed E-state index contributed by atoms with van der Waals surface area (Å²) in [6, 6.07) is 0. The third-order valence-electron chi connectivity index (χ3n) is 3.84. The maximum atomic E-state index is 12.0. The average Bonchev–Trinajstić information content (AvgIpc) is 2.68. The first kappa shape index (κ1) is 14.7. The second kappa shape index (κ2) is 6.66. The standard InChI is InChI=1S/C14H21NO2S2/c1-3-10-5-4-6-11(7-10)17-13(16)8-12-9(2)15-14(18)19-12/h10-11H,3-8H2,1-2H3,(H,15,18). The Morgan fingerprint density at radius 2 is 2.32 bits per heavy atom. The number of aromatic nitrogens is 1. The zero-order valence-electron chi connectivity index (χ0n) is 11.5. The predicted molar refractivity (Wildman–Crippen MR) is 80.1 cm³/mol. The summed E-state index contributed by atoms with van der Waals surface area (Å²) in [6.07, 6.45) is 6.16. The van der Waals surface area contributed by atoms with Gasteiger partial charge in [-0.05, 0) is 44.3 Å². The van der Waals surface area contributed by atoms with Crippen molar-refractivity contribution in [3.05, 3.63) is 14.5 Å². The van der Waals surface area contributed by atoms with Gasteiger partial charge in [0.05, 0.1) is 6.42 Å². The second-order valence-electron chi connectivity index (χ2n) is 5.29. The number of aromatic amines is 1. The lowest BCUT2D eigenvalue weighted by molar-refractivity contribution is -0.150. The van der Waals surface area contributed by atoms with E-state index in [0.717, 1.165) is 33.3 Å². The first-order chi connectivity index (χ1) is 9.08. The number of carbonyl (C=O) groups excluding carboxylic acids is 1. The topological polar surface area (TPSA) is 42.1 Å². The highest BCUT2D eigenvalue weighted by Crippen LogP contribution is 2.28. The van der Waals surface area contributed by atoms with E-state index in [2.05, 4.69) is 11.9 Å².